The van der Waals surface area contributed by atoms with Crippen LogP contribution in [0.4, 0.5) is 10.5 Å². The zero-order chi connectivity index (χ0) is 14.5. The van der Waals surface area contributed by atoms with Crippen molar-refractivity contribution < 1.29 is 4.79 Å². The van der Waals surface area contributed by atoms with Crippen LogP contribution in [0.25, 0.3) is 0 Å². The smallest absolute Gasteiger partial charge is 0.315 e. The van der Waals surface area contributed by atoms with Gasteiger partial charge in [0.15, 0.2) is 0 Å². The first kappa shape index (κ1) is 14.6. The van der Waals surface area contributed by atoms with Gasteiger partial charge in [-0.1, -0.05) is 12.1 Å². The molecule has 0 spiro atoms. The number of nitrogens with zero attached hydrogens (tertiary/aromatic N) is 1. The Hall–Kier alpha value is -1.79. The largest absolute Gasteiger partial charge is 0.378 e. The van der Waals surface area contributed by atoms with Crippen molar-refractivity contribution in [2.24, 2.45) is 0 Å². The van der Waals surface area contributed by atoms with E-state index in [1.54, 1.807) is 0 Å². The van der Waals surface area contributed by atoms with Crippen LogP contribution in [-0.4, -0.2) is 38.8 Å². The van der Waals surface area contributed by atoms with Crippen LogP contribution >= 0.6 is 0 Å². The van der Waals surface area contributed by atoms with Crippen LogP contribution in [0.5, 0.6) is 0 Å². The Morgan fingerprint density at radius 1 is 1.35 bits per heavy atom. The van der Waals surface area contributed by atoms with Crippen LogP contribution in [0.1, 0.15) is 12.5 Å². The minimum atomic E-state index is -0.135. The quantitative estimate of drug-likeness (QED) is 0.644. The second-order valence-electron chi connectivity index (χ2n) is 5.31. The van der Waals surface area contributed by atoms with Crippen molar-refractivity contribution in [3.63, 3.8) is 0 Å². The molecule has 0 bridgehead atoms. The Morgan fingerprint density at radius 2 is 2.05 bits per heavy atom. The third-order valence-corrected chi connectivity index (χ3v) is 3.48. The maximum Gasteiger partial charge on any atom is 0.315 e. The molecule has 0 aliphatic carbocycles. The lowest BCUT2D eigenvalue weighted by atomic mass is 10.2. The summed E-state index contributed by atoms with van der Waals surface area (Å²) in [5.41, 5.74) is 8.32. The third kappa shape index (κ3) is 3.85. The number of nitrogens with one attached hydrogen (secondary N) is 4. The molecule has 1 fully saturated rings. The lowest BCUT2D eigenvalue weighted by Crippen LogP contribution is -2.47. The topological polar surface area (TPSA) is 68.4 Å². The molecule has 1 aliphatic heterocycles. The summed E-state index contributed by atoms with van der Waals surface area (Å²) in [5.74, 6) is 0. The second-order valence-corrected chi connectivity index (χ2v) is 5.31. The number of rotatable bonds is 4. The number of urea groups is 1. The zero-order valence-electron chi connectivity index (χ0n) is 12.2. The standard InChI is InChI=1S/C14H23N5O/c1-10-13(9-16-18-10)17-14(20)15-8-11-4-6-12(7-5-11)19(2)3/h4-7,10,13,16,18H,8-9H2,1-3H3,(H2,15,17,20). The summed E-state index contributed by atoms with van der Waals surface area (Å²) in [7, 11) is 4.01. The van der Waals surface area contributed by atoms with Crippen molar-refractivity contribution in [1.82, 2.24) is 21.5 Å². The number of amides is 2. The van der Waals surface area contributed by atoms with Gasteiger partial charge in [-0.15, -0.1) is 0 Å². The average molecular weight is 277 g/mol. The molecule has 1 saturated heterocycles. The van der Waals surface area contributed by atoms with Crippen LogP contribution < -0.4 is 26.4 Å². The lowest BCUT2D eigenvalue weighted by Gasteiger charge is -2.16. The molecular formula is C14H23N5O. The number of benzene rings is 1. The van der Waals surface area contributed by atoms with Crippen molar-refractivity contribution in [3.05, 3.63) is 29.8 Å². The first-order valence-corrected chi connectivity index (χ1v) is 6.85. The molecule has 2 atom stereocenters. The molecule has 6 nitrogen and oxygen atoms in total. The fourth-order valence-corrected chi connectivity index (χ4v) is 2.10. The van der Waals surface area contributed by atoms with Gasteiger partial charge in [-0.3, -0.25) is 10.9 Å². The maximum atomic E-state index is 11.8. The molecule has 0 radical (unpaired) electrons. The van der Waals surface area contributed by atoms with Crippen molar-refractivity contribution in [2.45, 2.75) is 25.6 Å². The van der Waals surface area contributed by atoms with Crippen molar-refractivity contribution >= 4 is 11.7 Å². The number of hydrazine groups is 1. The predicted molar refractivity (Wildman–Crippen MR) is 80.5 cm³/mol. The second kappa shape index (κ2) is 6.58. The molecule has 110 valence electrons. The maximum absolute atomic E-state index is 11.8. The van der Waals surface area contributed by atoms with Crippen LogP contribution in [0.3, 0.4) is 0 Å². The molecule has 2 rings (SSSR count). The van der Waals surface area contributed by atoms with Gasteiger partial charge in [-0.25, -0.2) is 4.79 Å². The first-order valence-electron chi connectivity index (χ1n) is 6.85. The monoisotopic (exact) mass is 277 g/mol. The summed E-state index contributed by atoms with van der Waals surface area (Å²) in [6.07, 6.45) is 0. The lowest BCUT2D eigenvalue weighted by molar-refractivity contribution is 0.236. The fourth-order valence-electron chi connectivity index (χ4n) is 2.10. The van der Waals surface area contributed by atoms with Gasteiger partial charge < -0.3 is 15.5 Å². The molecule has 1 aromatic rings. The predicted octanol–water partition coefficient (Wildman–Crippen LogP) is 0.417. The van der Waals surface area contributed by atoms with E-state index >= 15 is 0 Å². The van der Waals surface area contributed by atoms with E-state index < -0.39 is 0 Å². The van der Waals surface area contributed by atoms with E-state index in [0.717, 1.165) is 17.8 Å². The van der Waals surface area contributed by atoms with E-state index in [0.29, 0.717) is 6.54 Å². The highest BCUT2D eigenvalue weighted by Gasteiger charge is 2.23. The summed E-state index contributed by atoms with van der Waals surface area (Å²) in [6.45, 7) is 3.30. The Labute approximate surface area is 119 Å². The summed E-state index contributed by atoms with van der Waals surface area (Å²) in [6, 6.07) is 8.35. The summed E-state index contributed by atoms with van der Waals surface area (Å²) < 4.78 is 0. The van der Waals surface area contributed by atoms with E-state index in [2.05, 4.69) is 21.5 Å². The number of carbonyl (C=O) groups excluding carboxylic acids is 1. The Kier molecular flexibility index (Phi) is 4.81. The van der Waals surface area contributed by atoms with E-state index in [4.69, 9.17) is 0 Å². The Balaban J connectivity index is 1.78. The van der Waals surface area contributed by atoms with Gasteiger partial charge in [0.1, 0.15) is 0 Å². The summed E-state index contributed by atoms with van der Waals surface area (Å²) in [4.78, 5) is 13.9. The number of carbonyl (C=O) groups is 1. The molecule has 0 saturated carbocycles. The highest BCUT2D eigenvalue weighted by Crippen LogP contribution is 2.11. The number of hydrogen-bond acceptors (Lipinski definition) is 4. The van der Waals surface area contributed by atoms with Gasteiger partial charge in [0, 0.05) is 38.9 Å². The van der Waals surface area contributed by atoms with Gasteiger partial charge in [0.05, 0.1) is 6.04 Å². The zero-order valence-corrected chi connectivity index (χ0v) is 12.2. The highest BCUT2D eigenvalue weighted by atomic mass is 16.2. The summed E-state index contributed by atoms with van der Waals surface area (Å²) >= 11 is 0. The van der Waals surface area contributed by atoms with Gasteiger partial charge in [-0.2, -0.15) is 0 Å². The molecule has 1 aliphatic rings. The van der Waals surface area contributed by atoms with E-state index in [1.165, 1.54) is 0 Å². The molecule has 2 amide bonds. The molecular weight excluding hydrogens is 254 g/mol. The number of anilines is 1. The van der Waals surface area contributed by atoms with Gasteiger partial charge in [-0.05, 0) is 24.6 Å². The van der Waals surface area contributed by atoms with Crippen LogP contribution in [0.2, 0.25) is 0 Å². The van der Waals surface area contributed by atoms with E-state index in [9.17, 15) is 4.79 Å². The van der Waals surface area contributed by atoms with Crippen LogP contribution in [0.15, 0.2) is 24.3 Å². The first-order chi connectivity index (χ1) is 9.56. The SMILES string of the molecule is CC1NNCC1NC(=O)NCc1ccc(N(C)C)cc1. The van der Waals surface area contributed by atoms with Crippen LogP contribution in [0, 0.1) is 0 Å². The van der Waals surface area contributed by atoms with Gasteiger partial charge in [0.2, 0.25) is 0 Å². The molecule has 6 heteroatoms. The van der Waals surface area contributed by atoms with Crippen molar-refractivity contribution in [1.29, 1.82) is 0 Å². The Morgan fingerprint density at radius 3 is 2.60 bits per heavy atom. The van der Waals surface area contributed by atoms with Crippen molar-refractivity contribution in [2.75, 3.05) is 25.5 Å². The van der Waals surface area contributed by atoms with E-state index in [1.807, 2.05) is 50.2 Å². The normalized spacial score (nSPS) is 21.6. The minimum absolute atomic E-state index is 0.117. The summed E-state index contributed by atoms with van der Waals surface area (Å²) in [5, 5.41) is 5.82. The average Bonchev–Trinajstić information content (AvgIpc) is 2.82. The fraction of sp³-hybridized carbons (Fsp3) is 0.500. The molecule has 20 heavy (non-hydrogen) atoms. The Bertz CT molecular complexity index is 445. The highest BCUT2D eigenvalue weighted by molar-refractivity contribution is 5.74. The molecule has 1 aromatic carbocycles. The molecule has 4 N–H and O–H groups in total. The molecule has 2 unspecified atom stereocenters. The van der Waals surface area contributed by atoms with Gasteiger partial charge in [0.25, 0.3) is 0 Å². The number of hydrogen-bond donors (Lipinski definition) is 4. The minimum Gasteiger partial charge on any atom is -0.378 e. The third-order valence-electron chi connectivity index (χ3n) is 3.48. The molecule has 1 heterocycles. The van der Waals surface area contributed by atoms with Crippen molar-refractivity contribution in [3.8, 4) is 0 Å². The van der Waals surface area contributed by atoms with Crippen LogP contribution in [-0.2, 0) is 6.54 Å². The molecule has 0 aromatic heterocycles. The van der Waals surface area contributed by atoms with E-state index in [-0.39, 0.29) is 18.1 Å². The van der Waals surface area contributed by atoms with Gasteiger partial charge >= 0.3 is 6.03 Å².